The predicted molar refractivity (Wildman–Crippen MR) is 74.8 cm³/mol. The van der Waals surface area contributed by atoms with Crippen molar-refractivity contribution in [2.75, 3.05) is 11.9 Å². The van der Waals surface area contributed by atoms with E-state index in [0.29, 0.717) is 12.0 Å². The number of nitrogens with zero attached hydrogens (tertiary/aromatic N) is 3. The summed E-state index contributed by atoms with van der Waals surface area (Å²) in [6, 6.07) is 2.77. The van der Waals surface area contributed by atoms with Crippen molar-refractivity contribution in [3.05, 3.63) is 18.1 Å². The molecular formula is C14H24N4. The number of rotatable bonds is 3. The van der Waals surface area contributed by atoms with Gasteiger partial charge in [0.15, 0.2) is 0 Å². The van der Waals surface area contributed by atoms with Gasteiger partial charge >= 0.3 is 0 Å². The number of likely N-dealkylation sites (N-methyl/N-ethyl adjacent to an activating group) is 1. The van der Waals surface area contributed by atoms with Gasteiger partial charge in [-0.3, -0.25) is 0 Å². The fourth-order valence-electron chi connectivity index (χ4n) is 2.66. The zero-order valence-electron chi connectivity index (χ0n) is 11.6. The van der Waals surface area contributed by atoms with Crippen LogP contribution in [-0.2, 0) is 0 Å². The van der Waals surface area contributed by atoms with Gasteiger partial charge in [-0.15, -0.1) is 0 Å². The maximum atomic E-state index is 6.23. The molecule has 0 saturated heterocycles. The topological polar surface area (TPSA) is 55.0 Å². The highest BCUT2D eigenvalue weighted by Gasteiger charge is 2.26. The molecule has 100 valence electrons. The smallest absolute Gasteiger partial charge is 0.132 e. The zero-order chi connectivity index (χ0) is 13.1. The second kappa shape index (κ2) is 5.65. The van der Waals surface area contributed by atoms with E-state index in [1.807, 2.05) is 0 Å². The number of nitrogens with two attached hydrogens (primary N) is 1. The molecule has 0 bridgehead atoms. The summed E-state index contributed by atoms with van der Waals surface area (Å²) >= 11 is 0. The first kappa shape index (κ1) is 13.3. The Morgan fingerprint density at radius 3 is 2.67 bits per heavy atom. The Bertz CT molecular complexity index is 391. The third-order valence-corrected chi connectivity index (χ3v) is 3.91. The minimum absolute atomic E-state index is 0.265. The van der Waals surface area contributed by atoms with Crippen LogP contribution in [-0.4, -0.2) is 29.1 Å². The van der Waals surface area contributed by atoms with E-state index in [2.05, 4.69) is 41.8 Å². The van der Waals surface area contributed by atoms with Crippen molar-refractivity contribution >= 4 is 5.82 Å². The quantitative estimate of drug-likeness (QED) is 0.892. The molecule has 0 aliphatic heterocycles. The van der Waals surface area contributed by atoms with Crippen LogP contribution in [0.4, 0.5) is 5.82 Å². The third-order valence-electron chi connectivity index (χ3n) is 3.91. The van der Waals surface area contributed by atoms with Crippen LogP contribution in [0.3, 0.4) is 0 Å². The van der Waals surface area contributed by atoms with Crippen molar-refractivity contribution < 1.29 is 0 Å². The van der Waals surface area contributed by atoms with Crippen LogP contribution in [0.5, 0.6) is 0 Å². The van der Waals surface area contributed by atoms with Crippen molar-refractivity contribution in [1.82, 2.24) is 9.97 Å². The fraction of sp³-hybridized carbons (Fsp3) is 0.714. The molecule has 1 aromatic rings. The Kier molecular flexibility index (Phi) is 4.17. The van der Waals surface area contributed by atoms with Crippen molar-refractivity contribution in [2.45, 2.75) is 57.5 Å². The molecule has 18 heavy (non-hydrogen) atoms. The van der Waals surface area contributed by atoms with E-state index in [9.17, 15) is 0 Å². The molecule has 0 aromatic carbocycles. The first-order valence-electron chi connectivity index (χ1n) is 6.90. The van der Waals surface area contributed by atoms with E-state index in [0.717, 1.165) is 17.9 Å². The predicted octanol–water partition coefficient (Wildman–Crippen LogP) is 2.31. The van der Waals surface area contributed by atoms with Crippen LogP contribution in [0.15, 0.2) is 12.4 Å². The minimum atomic E-state index is 0.265. The lowest BCUT2D eigenvalue weighted by molar-refractivity contribution is 0.372. The highest BCUT2D eigenvalue weighted by atomic mass is 15.2. The maximum Gasteiger partial charge on any atom is 0.132 e. The van der Waals surface area contributed by atoms with E-state index in [4.69, 9.17) is 5.73 Å². The molecule has 1 fully saturated rings. The lowest BCUT2D eigenvalue weighted by Gasteiger charge is -2.36. The number of hydrogen-bond donors (Lipinski definition) is 1. The van der Waals surface area contributed by atoms with Crippen LogP contribution in [0.2, 0.25) is 0 Å². The van der Waals surface area contributed by atoms with Gasteiger partial charge in [-0.05, 0) is 18.8 Å². The van der Waals surface area contributed by atoms with Crippen LogP contribution < -0.4 is 10.6 Å². The van der Waals surface area contributed by atoms with Gasteiger partial charge in [-0.2, -0.15) is 0 Å². The van der Waals surface area contributed by atoms with Gasteiger partial charge in [0.1, 0.15) is 12.1 Å². The summed E-state index contributed by atoms with van der Waals surface area (Å²) in [7, 11) is 2.10. The molecule has 2 N–H and O–H groups in total. The van der Waals surface area contributed by atoms with Gasteiger partial charge < -0.3 is 10.6 Å². The Hall–Kier alpha value is -1.16. The average molecular weight is 248 g/mol. The van der Waals surface area contributed by atoms with Gasteiger partial charge in [0, 0.05) is 30.9 Å². The van der Waals surface area contributed by atoms with E-state index in [1.54, 1.807) is 6.33 Å². The minimum Gasteiger partial charge on any atom is -0.355 e. The largest absolute Gasteiger partial charge is 0.355 e. The number of anilines is 1. The molecule has 4 nitrogen and oxygen atoms in total. The monoisotopic (exact) mass is 248 g/mol. The van der Waals surface area contributed by atoms with E-state index in [1.165, 1.54) is 19.3 Å². The molecule has 2 rings (SSSR count). The molecule has 2 atom stereocenters. The Labute approximate surface area is 110 Å². The fourth-order valence-corrected chi connectivity index (χ4v) is 2.66. The normalized spacial score (nSPS) is 24.3. The average Bonchev–Trinajstić information content (AvgIpc) is 2.38. The lowest BCUT2D eigenvalue weighted by atomic mass is 9.90. The summed E-state index contributed by atoms with van der Waals surface area (Å²) in [4.78, 5) is 10.9. The summed E-state index contributed by atoms with van der Waals surface area (Å²) in [6.07, 6.45) is 6.47. The number of hydrogen-bond acceptors (Lipinski definition) is 4. The summed E-state index contributed by atoms with van der Waals surface area (Å²) in [6.45, 7) is 4.30. The second-order valence-electron chi connectivity index (χ2n) is 5.58. The molecule has 1 aliphatic rings. The van der Waals surface area contributed by atoms with Gasteiger partial charge in [-0.25, -0.2) is 9.97 Å². The van der Waals surface area contributed by atoms with Crippen LogP contribution in [0, 0.1) is 0 Å². The molecule has 1 aliphatic carbocycles. The molecule has 1 heterocycles. The molecule has 2 unspecified atom stereocenters. The lowest BCUT2D eigenvalue weighted by Crippen LogP contribution is -2.48. The van der Waals surface area contributed by atoms with E-state index in [-0.39, 0.29) is 6.04 Å². The molecule has 1 saturated carbocycles. The van der Waals surface area contributed by atoms with E-state index >= 15 is 0 Å². The summed E-state index contributed by atoms with van der Waals surface area (Å²) in [5, 5.41) is 0. The third kappa shape index (κ3) is 2.80. The van der Waals surface area contributed by atoms with E-state index < -0.39 is 0 Å². The molecule has 0 amide bonds. The SMILES string of the molecule is CC(C)c1cc(N(C)C2CCCCC2N)ncn1. The molecule has 0 radical (unpaired) electrons. The molecular weight excluding hydrogens is 224 g/mol. The van der Waals surface area contributed by atoms with Crippen molar-refractivity contribution in [1.29, 1.82) is 0 Å². The van der Waals surface area contributed by atoms with Crippen LogP contribution in [0.1, 0.15) is 51.1 Å². The van der Waals surface area contributed by atoms with Crippen LogP contribution >= 0.6 is 0 Å². The summed E-state index contributed by atoms with van der Waals surface area (Å²) in [5.41, 5.74) is 7.32. The van der Waals surface area contributed by atoms with Crippen molar-refractivity contribution in [3.8, 4) is 0 Å². The van der Waals surface area contributed by atoms with Crippen LogP contribution in [0.25, 0.3) is 0 Å². The summed E-state index contributed by atoms with van der Waals surface area (Å²) < 4.78 is 0. The first-order chi connectivity index (χ1) is 8.59. The standard InChI is InChI=1S/C14H24N4/c1-10(2)12-8-14(17-9-16-12)18(3)13-7-5-4-6-11(13)15/h8-11,13H,4-7,15H2,1-3H3. The van der Waals surface area contributed by atoms with Gasteiger partial charge in [0.2, 0.25) is 0 Å². The van der Waals surface area contributed by atoms with Gasteiger partial charge in [0.05, 0.1) is 0 Å². The second-order valence-corrected chi connectivity index (χ2v) is 5.58. The van der Waals surface area contributed by atoms with Gasteiger partial charge in [0.25, 0.3) is 0 Å². The Morgan fingerprint density at radius 2 is 2.00 bits per heavy atom. The Morgan fingerprint density at radius 1 is 1.28 bits per heavy atom. The number of aromatic nitrogens is 2. The highest BCUT2D eigenvalue weighted by molar-refractivity contribution is 5.40. The maximum absolute atomic E-state index is 6.23. The molecule has 1 aromatic heterocycles. The molecule has 0 spiro atoms. The molecule has 4 heteroatoms. The van der Waals surface area contributed by atoms with Gasteiger partial charge in [-0.1, -0.05) is 26.7 Å². The first-order valence-corrected chi connectivity index (χ1v) is 6.90. The van der Waals surface area contributed by atoms with Crippen molar-refractivity contribution in [2.24, 2.45) is 5.73 Å². The highest BCUT2D eigenvalue weighted by Crippen LogP contribution is 2.25. The zero-order valence-corrected chi connectivity index (χ0v) is 11.6. The van der Waals surface area contributed by atoms with Crippen molar-refractivity contribution in [3.63, 3.8) is 0 Å². The summed E-state index contributed by atoms with van der Waals surface area (Å²) in [5.74, 6) is 1.43. The Balaban J connectivity index is 2.16.